The van der Waals surface area contributed by atoms with Crippen LogP contribution in [0.1, 0.15) is 0 Å². The average Bonchev–Trinajstić information content (AvgIpc) is 2.24. The van der Waals surface area contributed by atoms with Crippen LogP contribution in [0.2, 0.25) is 5.02 Å². The van der Waals surface area contributed by atoms with E-state index in [9.17, 15) is 18.5 Å². The number of hydrogen-bond acceptors (Lipinski definition) is 5. The van der Waals surface area contributed by atoms with E-state index >= 15 is 0 Å². The van der Waals surface area contributed by atoms with E-state index in [1.54, 1.807) is 0 Å². The van der Waals surface area contributed by atoms with Crippen LogP contribution in [0.3, 0.4) is 0 Å². The Balaban J connectivity index is 2.70. The molecule has 0 heterocycles. The third kappa shape index (κ3) is 4.47. The van der Waals surface area contributed by atoms with Crippen molar-refractivity contribution in [3.8, 4) is 0 Å². The standard InChI is InChI=1S/C9H12ClN3O4S/c1-18(16,17)12-6-5-11-9-7(10)3-2-4-8(9)13(14)15/h2-4,11-12H,5-6H2,1H3. The molecule has 0 amide bonds. The van der Waals surface area contributed by atoms with Crippen LogP contribution < -0.4 is 10.0 Å². The summed E-state index contributed by atoms with van der Waals surface area (Å²) in [5.41, 5.74) is 0.0290. The highest BCUT2D eigenvalue weighted by atomic mass is 35.5. The minimum Gasteiger partial charge on any atom is -0.377 e. The molecular formula is C9H12ClN3O4S. The molecule has 0 radical (unpaired) electrons. The first-order chi connectivity index (χ1) is 8.31. The van der Waals surface area contributed by atoms with E-state index in [0.29, 0.717) is 0 Å². The topological polar surface area (TPSA) is 101 Å². The van der Waals surface area contributed by atoms with Crippen molar-refractivity contribution in [2.45, 2.75) is 0 Å². The average molecular weight is 294 g/mol. The minimum atomic E-state index is -3.27. The number of benzene rings is 1. The summed E-state index contributed by atoms with van der Waals surface area (Å²) in [4.78, 5) is 10.2. The molecule has 18 heavy (non-hydrogen) atoms. The molecule has 1 aromatic carbocycles. The molecule has 0 unspecified atom stereocenters. The molecule has 7 nitrogen and oxygen atoms in total. The molecule has 0 fully saturated rings. The predicted octanol–water partition coefficient (Wildman–Crippen LogP) is 1.21. The number of sulfonamides is 1. The van der Waals surface area contributed by atoms with E-state index in [2.05, 4.69) is 10.0 Å². The second-order valence-corrected chi connectivity index (χ2v) is 5.72. The molecule has 1 aromatic rings. The van der Waals surface area contributed by atoms with Gasteiger partial charge in [-0.1, -0.05) is 17.7 Å². The van der Waals surface area contributed by atoms with Gasteiger partial charge in [-0.25, -0.2) is 13.1 Å². The zero-order valence-corrected chi connectivity index (χ0v) is 11.1. The molecule has 0 aliphatic rings. The lowest BCUT2D eigenvalue weighted by atomic mass is 10.2. The van der Waals surface area contributed by atoms with Gasteiger partial charge >= 0.3 is 0 Å². The predicted molar refractivity (Wildman–Crippen MR) is 69.4 cm³/mol. The van der Waals surface area contributed by atoms with Gasteiger partial charge in [-0.3, -0.25) is 10.1 Å². The summed E-state index contributed by atoms with van der Waals surface area (Å²) in [6.45, 7) is 0.304. The Bertz CT molecular complexity index is 547. The lowest BCUT2D eigenvalue weighted by Crippen LogP contribution is -2.27. The number of nitrogens with one attached hydrogen (secondary N) is 2. The van der Waals surface area contributed by atoms with Gasteiger partial charge in [-0.05, 0) is 6.07 Å². The number of anilines is 1. The first kappa shape index (κ1) is 14.7. The van der Waals surface area contributed by atoms with Crippen molar-refractivity contribution in [1.82, 2.24) is 4.72 Å². The maximum Gasteiger partial charge on any atom is 0.293 e. The highest BCUT2D eigenvalue weighted by Crippen LogP contribution is 2.31. The number of rotatable bonds is 6. The Morgan fingerprint density at radius 1 is 1.39 bits per heavy atom. The number of halogens is 1. The summed E-state index contributed by atoms with van der Waals surface area (Å²) in [6.07, 6.45) is 1.03. The van der Waals surface area contributed by atoms with Crippen LogP contribution in [-0.4, -0.2) is 32.7 Å². The number of para-hydroxylation sites is 1. The fourth-order valence-corrected chi connectivity index (χ4v) is 1.97. The van der Waals surface area contributed by atoms with Gasteiger partial charge in [-0.2, -0.15) is 0 Å². The summed E-state index contributed by atoms with van der Waals surface area (Å²) >= 11 is 5.84. The number of hydrogen-bond donors (Lipinski definition) is 2. The Morgan fingerprint density at radius 3 is 2.61 bits per heavy atom. The molecule has 0 aliphatic carbocycles. The number of nitro groups is 1. The lowest BCUT2D eigenvalue weighted by molar-refractivity contribution is -0.383. The Morgan fingerprint density at radius 2 is 2.06 bits per heavy atom. The van der Waals surface area contributed by atoms with Gasteiger partial charge in [0.1, 0.15) is 5.69 Å². The maximum atomic E-state index is 10.8. The summed E-state index contributed by atoms with van der Waals surface area (Å²) in [5, 5.41) is 13.7. The normalized spacial score (nSPS) is 11.2. The van der Waals surface area contributed by atoms with Gasteiger partial charge in [-0.15, -0.1) is 0 Å². The first-order valence-electron chi connectivity index (χ1n) is 4.92. The summed E-state index contributed by atoms with van der Waals surface area (Å²) in [5.74, 6) is 0. The molecule has 0 aliphatic heterocycles. The molecule has 1 rings (SSSR count). The van der Waals surface area contributed by atoms with Gasteiger partial charge in [0.05, 0.1) is 16.2 Å². The van der Waals surface area contributed by atoms with Crippen LogP contribution in [0, 0.1) is 10.1 Å². The van der Waals surface area contributed by atoms with Crippen molar-refractivity contribution in [3.05, 3.63) is 33.3 Å². The molecule has 0 saturated heterocycles. The van der Waals surface area contributed by atoms with E-state index in [1.807, 2.05) is 0 Å². The molecule has 0 spiro atoms. The van der Waals surface area contributed by atoms with Crippen molar-refractivity contribution in [2.24, 2.45) is 0 Å². The van der Waals surface area contributed by atoms with Crippen LogP contribution in [0.25, 0.3) is 0 Å². The fraction of sp³-hybridized carbons (Fsp3) is 0.333. The largest absolute Gasteiger partial charge is 0.377 e. The van der Waals surface area contributed by atoms with Crippen molar-refractivity contribution in [2.75, 3.05) is 24.7 Å². The molecular weight excluding hydrogens is 282 g/mol. The van der Waals surface area contributed by atoms with Crippen molar-refractivity contribution in [1.29, 1.82) is 0 Å². The fourth-order valence-electron chi connectivity index (χ4n) is 1.26. The van der Waals surface area contributed by atoms with Gasteiger partial charge in [0, 0.05) is 19.2 Å². The summed E-state index contributed by atoms with van der Waals surface area (Å²) in [6, 6.07) is 4.31. The van der Waals surface area contributed by atoms with E-state index in [-0.39, 0.29) is 29.5 Å². The van der Waals surface area contributed by atoms with Crippen LogP contribution in [0.5, 0.6) is 0 Å². The van der Waals surface area contributed by atoms with Crippen LogP contribution in [0.4, 0.5) is 11.4 Å². The summed E-state index contributed by atoms with van der Waals surface area (Å²) < 4.78 is 23.9. The monoisotopic (exact) mass is 293 g/mol. The molecule has 0 saturated carbocycles. The quantitative estimate of drug-likeness (QED) is 0.466. The second-order valence-electron chi connectivity index (χ2n) is 3.48. The van der Waals surface area contributed by atoms with Gasteiger partial charge < -0.3 is 5.32 Å². The Kier molecular flexibility index (Phi) is 4.88. The number of nitro benzene ring substituents is 1. The zero-order chi connectivity index (χ0) is 13.8. The van der Waals surface area contributed by atoms with Crippen molar-refractivity contribution >= 4 is 33.0 Å². The van der Waals surface area contributed by atoms with Crippen LogP contribution >= 0.6 is 11.6 Å². The lowest BCUT2D eigenvalue weighted by Gasteiger charge is -2.08. The third-order valence-electron chi connectivity index (χ3n) is 1.98. The molecule has 0 aromatic heterocycles. The highest BCUT2D eigenvalue weighted by Gasteiger charge is 2.15. The van der Waals surface area contributed by atoms with E-state index in [1.165, 1.54) is 18.2 Å². The van der Waals surface area contributed by atoms with Gasteiger partial charge in [0.25, 0.3) is 5.69 Å². The molecule has 9 heteroatoms. The van der Waals surface area contributed by atoms with Gasteiger partial charge in [0.15, 0.2) is 0 Å². The maximum absolute atomic E-state index is 10.8. The molecule has 2 N–H and O–H groups in total. The van der Waals surface area contributed by atoms with Crippen LogP contribution in [-0.2, 0) is 10.0 Å². The second kappa shape index (κ2) is 5.98. The molecule has 0 atom stereocenters. The molecule has 100 valence electrons. The smallest absolute Gasteiger partial charge is 0.293 e. The van der Waals surface area contributed by atoms with Crippen LogP contribution in [0.15, 0.2) is 18.2 Å². The van der Waals surface area contributed by atoms with E-state index in [0.717, 1.165) is 6.26 Å². The third-order valence-corrected chi connectivity index (χ3v) is 3.02. The Hall–Kier alpha value is -1.38. The first-order valence-corrected chi connectivity index (χ1v) is 7.19. The Labute approximate surface area is 109 Å². The van der Waals surface area contributed by atoms with Crippen molar-refractivity contribution < 1.29 is 13.3 Å². The zero-order valence-electron chi connectivity index (χ0n) is 9.51. The minimum absolute atomic E-state index is 0.112. The summed E-state index contributed by atoms with van der Waals surface area (Å²) in [7, 11) is -3.27. The van der Waals surface area contributed by atoms with E-state index < -0.39 is 14.9 Å². The van der Waals surface area contributed by atoms with Gasteiger partial charge in [0.2, 0.25) is 10.0 Å². The highest BCUT2D eigenvalue weighted by molar-refractivity contribution is 7.88. The SMILES string of the molecule is CS(=O)(=O)NCCNc1c(Cl)cccc1[N+](=O)[O-]. The number of nitrogens with zero attached hydrogens (tertiary/aromatic N) is 1. The van der Waals surface area contributed by atoms with Crippen molar-refractivity contribution in [3.63, 3.8) is 0 Å². The molecule has 0 bridgehead atoms. The van der Waals surface area contributed by atoms with E-state index in [4.69, 9.17) is 11.6 Å².